The number of sulfonamides is 1. The summed E-state index contributed by atoms with van der Waals surface area (Å²) in [5, 5.41) is 2.34. The van der Waals surface area contributed by atoms with Gasteiger partial charge in [-0.15, -0.1) is 0 Å². The third-order valence-corrected chi connectivity index (χ3v) is 6.36. The van der Waals surface area contributed by atoms with Crippen LogP contribution in [0.2, 0.25) is 5.82 Å². The molecule has 1 aromatic carbocycles. The van der Waals surface area contributed by atoms with Gasteiger partial charge in [0, 0.05) is 0 Å². The van der Waals surface area contributed by atoms with Gasteiger partial charge in [0.05, 0.1) is 0 Å². The number of nitrogens with one attached hydrogen (secondary N) is 2. The van der Waals surface area contributed by atoms with Gasteiger partial charge in [0.25, 0.3) is 0 Å². The number of urea groups is 1. The van der Waals surface area contributed by atoms with Crippen molar-refractivity contribution in [3.8, 4) is 0 Å². The molecule has 10 heteroatoms. The number of hydrogen-bond acceptors (Lipinski definition) is 6. The minimum absolute atomic E-state index is 0.00717. The number of benzene rings is 1. The van der Waals surface area contributed by atoms with E-state index in [0.717, 1.165) is 0 Å². The molecule has 0 aliphatic carbocycles. The number of aromatic nitrogens is 2. The molecule has 0 bridgehead atoms. The summed E-state index contributed by atoms with van der Waals surface area (Å²) in [6, 6.07) is 7.36. The number of methoxy groups -OCH3 is 1. The van der Waals surface area contributed by atoms with Crippen molar-refractivity contribution < 1.29 is 17.9 Å². The fraction of sp³-hybridized carbons (Fsp3) is 0.267. The summed E-state index contributed by atoms with van der Waals surface area (Å²) in [6.45, 7) is 1.99. The molecule has 0 aliphatic heterocycles. The number of anilines is 1. The fourth-order valence-corrected chi connectivity index (χ4v) is 5.19. The Balaban J connectivity index is 2.17. The molecule has 0 unspecified atom stereocenters. The molecule has 2 aromatic rings. The second-order valence-corrected chi connectivity index (χ2v) is 8.40. The molecule has 0 spiro atoms. The Labute approximate surface area is 152 Å². The Bertz CT molecular complexity index is 874. The van der Waals surface area contributed by atoms with Crippen LogP contribution in [0.15, 0.2) is 35.2 Å². The number of amides is 2. The number of rotatable bonds is 6. The van der Waals surface area contributed by atoms with E-state index in [2.05, 4.69) is 15.3 Å². The van der Waals surface area contributed by atoms with Crippen LogP contribution in [0.3, 0.4) is 0 Å². The summed E-state index contributed by atoms with van der Waals surface area (Å²) >= 11 is -0.0312. The molecule has 2 amide bonds. The first-order valence-electron chi connectivity index (χ1n) is 7.16. The van der Waals surface area contributed by atoms with E-state index in [9.17, 15) is 13.2 Å². The van der Waals surface area contributed by atoms with E-state index < -0.39 is 16.1 Å². The van der Waals surface area contributed by atoms with Gasteiger partial charge in [0.15, 0.2) is 0 Å². The van der Waals surface area contributed by atoms with E-state index in [1.165, 1.54) is 13.2 Å². The van der Waals surface area contributed by atoms with Crippen LogP contribution in [0.4, 0.5) is 10.7 Å². The first-order valence-corrected chi connectivity index (χ1v) is 11.2. The predicted octanol–water partition coefficient (Wildman–Crippen LogP) is 0.819. The van der Waals surface area contributed by atoms with Gasteiger partial charge in [-0.05, 0) is 0 Å². The number of hydrogen-bond donors (Lipinski definition) is 2. The molecule has 134 valence electrons. The van der Waals surface area contributed by atoms with Crippen LogP contribution in [0.1, 0.15) is 11.4 Å². The summed E-state index contributed by atoms with van der Waals surface area (Å²) in [6.07, 6.45) is 0. The van der Waals surface area contributed by atoms with Crippen molar-refractivity contribution in [3.05, 3.63) is 41.7 Å². The summed E-state index contributed by atoms with van der Waals surface area (Å²) in [7, 11) is -2.46. The summed E-state index contributed by atoms with van der Waals surface area (Å²) < 4.78 is 32.5. The zero-order valence-corrected chi connectivity index (χ0v) is 16.5. The number of carbonyl (C=O) groups excluding carboxylic acids is 1. The molecule has 2 rings (SSSR count). The van der Waals surface area contributed by atoms with E-state index in [-0.39, 0.29) is 32.4 Å². The van der Waals surface area contributed by atoms with Gasteiger partial charge in [-0.25, -0.2) is 0 Å². The van der Waals surface area contributed by atoms with Crippen molar-refractivity contribution in [1.29, 1.82) is 0 Å². The van der Waals surface area contributed by atoms with E-state index in [4.69, 9.17) is 4.74 Å². The van der Waals surface area contributed by atoms with Gasteiger partial charge >= 0.3 is 152 Å². The molecule has 1 heterocycles. The Morgan fingerprint density at radius 3 is 2.68 bits per heavy atom. The quantitative estimate of drug-likeness (QED) is 0.658. The Morgan fingerprint density at radius 2 is 2.00 bits per heavy atom. The predicted molar refractivity (Wildman–Crippen MR) is 94.5 cm³/mol. The van der Waals surface area contributed by atoms with E-state index in [0.29, 0.717) is 15.8 Å². The van der Waals surface area contributed by atoms with Gasteiger partial charge in [0.2, 0.25) is 0 Å². The molecular weight excluding hydrogens is 411 g/mol. The summed E-state index contributed by atoms with van der Waals surface area (Å²) in [4.78, 5) is 20.3. The average molecular weight is 429 g/mol. The Morgan fingerprint density at radius 1 is 1.28 bits per heavy atom. The van der Waals surface area contributed by atoms with Crippen LogP contribution in [0.5, 0.6) is 0 Å². The number of aryl methyl sites for hydroxylation is 1. The first-order chi connectivity index (χ1) is 11.9. The maximum absolute atomic E-state index is 12.4. The third-order valence-electron chi connectivity index (χ3n) is 3.01. The van der Waals surface area contributed by atoms with Crippen LogP contribution in [-0.4, -0.2) is 46.5 Å². The van der Waals surface area contributed by atoms with Gasteiger partial charge in [0.1, 0.15) is 0 Å². The maximum atomic E-state index is 12.4. The Hall–Kier alpha value is -2.00. The zero-order chi connectivity index (χ0) is 18.4. The van der Waals surface area contributed by atoms with Crippen LogP contribution in [0.25, 0.3) is 0 Å². The minimum atomic E-state index is -3.98. The van der Waals surface area contributed by atoms with Crippen LogP contribution < -0.4 is 14.5 Å². The second kappa shape index (κ2) is 8.39. The van der Waals surface area contributed by atoms with Crippen molar-refractivity contribution in [2.75, 3.05) is 12.4 Å². The van der Waals surface area contributed by atoms with Crippen molar-refractivity contribution in [1.82, 2.24) is 14.7 Å². The average Bonchev–Trinajstić information content (AvgIpc) is 2.53. The SMILES string of the molecule is COCc1cc(C)nc(NC(=O)NS(=O)(=O)c2ccccc2[Se]C)n1. The fourth-order valence-electron chi connectivity index (χ4n) is 2.06. The molecule has 25 heavy (non-hydrogen) atoms. The van der Waals surface area contributed by atoms with Crippen LogP contribution in [0, 0.1) is 6.92 Å². The van der Waals surface area contributed by atoms with Gasteiger partial charge in [-0.3, -0.25) is 0 Å². The number of carbonyl (C=O) groups is 1. The van der Waals surface area contributed by atoms with E-state index >= 15 is 0 Å². The van der Waals surface area contributed by atoms with Gasteiger partial charge in [-0.2, -0.15) is 0 Å². The molecule has 0 radical (unpaired) electrons. The molecule has 8 nitrogen and oxygen atoms in total. The molecule has 1 aromatic heterocycles. The molecule has 2 N–H and O–H groups in total. The molecular formula is C15H18N4O4SSe. The summed E-state index contributed by atoms with van der Waals surface area (Å²) in [5.41, 5.74) is 1.20. The van der Waals surface area contributed by atoms with E-state index in [1.54, 1.807) is 31.2 Å². The van der Waals surface area contributed by atoms with Crippen molar-refractivity contribution in [2.24, 2.45) is 0 Å². The molecule has 0 atom stereocenters. The van der Waals surface area contributed by atoms with Crippen LogP contribution in [-0.2, 0) is 21.4 Å². The molecule has 0 saturated carbocycles. The van der Waals surface area contributed by atoms with Gasteiger partial charge in [-0.1, -0.05) is 0 Å². The standard InChI is InChI=1S/C15H18N4O4SSe/c1-10-8-11(9-23-2)17-14(16-10)18-15(20)19-24(21,22)12-6-4-5-7-13(12)25-3/h4-8H,9H2,1-3H3,(H2,16,17,18,19,20). The normalized spacial score (nSPS) is 11.2. The topological polar surface area (TPSA) is 110 Å². The Kier molecular flexibility index (Phi) is 6.49. The molecule has 0 fully saturated rings. The second-order valence-electron chi connectivity index (χ2n) is 4.97. The third kappa shape index (κ3) is 5.23. The number of ether oxygens (including phenoxy) is 1. The zero-order valence-electron chi connectivity index (χ0n) is 13.9. The van der Waals surface area contributed by atoms with Crippen molar-refractivity contribution in [2.45, 2.75) is 24.2 Å². The van der Waals surface area contributed by atoms with Crippen LogP contribution >= 0.6 is 0 Å². The molecule has 0 saturated heterocycles. The molecule has 0 aliphatic rings. The number of nitrogens with zero attached hydrogens (tertiary/aromatic N) is 2. The summed E-state index contributed by atoms with van der Waals surface area (Å²) in [5.74, 6) is 1.91. The van der Waals surface area contributed by atoms with Crippen molar-refractivity contribution >= 4 is 41.4 Å². The van der Waals surface area contributed by atoms with E-state index in [1.807, 2.05) is 10.5 Å². The monoisotopic (exact) mass is 430 g/mol. The first kappa shape index (κ1) is 19.3. The van der Waals surface area contributed by atoms with Crippen molar-refractivity contribution in [3.63, 3.8) is 0 Å². The van der Waals surface area contributed by atoms with Gasteiger partial charge < -0.3 is 0 Å².